The first-order chi connectivity index (χ1) is 7.54. The highest BCUT2D eigenvalue weighted by Gasteiger charge is 2.05. The third kappa shape index (κ3) is 10.9. The van der Waals surface area contributed by atoms with Gasteiger partial charge in [-0.1, -0.05) is 55.7 Å². The molecule has 0 amide bonds. The Bertz CT molecular complexity index is 179. The zero-order chi connectivity index (χ0) is 12.4. The van der Waals surface area contributed by atoms with Crippen LogP contribution in [0, 0.1) is 11.8 Å². The Morgan fingerprint density at radius 3 is 2.06 bits per heavy atom. The number of ketones is 1. The van der Waals surface area contributed by atoms with Gasteiger partial charge in [0.25, 0.3) is 0 Å². The smallest absolute Gasteiger partial charge is 0.135 e. The lowest BCUT2D eigenvalue weighted by Crippen LogP contribution is -2.06. The minimum atomic E-state index is 0.212. The number of rotatable bonds is 10. The van der Waals surface area contributed by atoms with Crippen molar-refractivity contribution >= 4 is 27.4 Å². The molecule has 0 aliphatic rings. The van der Waals surface area contributed by atoms with Crippen molar-refractivity contribution in [2.75, 3.05) is 11.5 Å². The third-order valence-corrected chi connectivity index (χ3v) is 4.96. The van der Waals surface area contributed by atoms with Crippen molar-refractivity contribution in [3.63, 3.8) is 0 Å². The third-order valence-electron chi connectivity index (χ3n) is 2.39. The normalized spacial score (nSPS) is 11.4. The zero-order valence-electron chi connectivity index (χ0n) is 11.1. The lowest BCUT2D eigenvalue weighted by molar-refractivity contribution is -0.121. The van der Waals surface area contributed by atoms with E-state index < -0.39 is 0 Å². The van der Waals surface area contributed by atoms with Gasteiger partial charge in [-0.3, -0.25) is 4.79 Å². The maximum atomic E-state index is 11.3. The van der Waals surface area contributed by atoms with Crippen molar-refractivity contribution in [3.8, 4) is 0 Å². The fourth-order valence-corrected chi connectivity index (χ4v) is 3.46. The van der Waals surface area contributed by atoms with E-state index in [1.54, 1.807) is 0 Å². The van der Waals surface area contributed by atoms with Gasteiger partial charge in [-0.2, -0.15) is 0 Å². The zero-order valence-corrected chi connectivity index (χ0v) is 12.8. The monoisotopic (exact) mass is 262 g/mol. The van der Waals surface area contributed by atoms with E-state index in [0.29, 0.717) is 5.78 Å². The fraction of sp³-hybridized carbons (Fsp3) is 0.923. The van der Waals surface area contributed by atoms with Gasteiger partial charge in [0, 0.05) is 23.8 Å². The average Bonchev–Trinajstić information content (AvgIpc) is 2.21. The van der Waals surface area contributed by atoms with Crippen LogP contribution in [-0.4, -0.2) is 17.3 Å². The molecule has 0 saturated carbocycles. The molecule has 0 atom stereocenters. The van der Waals surface area contributed by atoms with E-state index in [2.05, 4.69) is 13.8 Å². The summed E-state index contributed by atoms with van der Waals surface area (Å²) < 4.78 is 0. The Labute approximate surface area is 109 Å². The van der Waals surface area contributed by atoms with Crippen molar-refractivity contribution in [2.24, 2.45) is 11.8 Å². The lowest BCUT2D eigenvalue weighted by Gasteiger charge is -2.05. The molecular weight excluding hydrogens is 236 g/mol. The summed E-state index contributed by atoms with van der Waals surface area (Å²) >= 11 is 0. The highest BCUT2D eigenvalue weighted by atomic mass is 33.1. The van der Waals surface area contributed by atoms with Crippen molar-refractivity contribution in [2.45, 2.75) is 53.4 Å². The molecule has 0 rings (SSSR count). The van der Waals surface area contributed by atoms with Crippen LogP contribution in [0.2, 0.25) is 0 Å². The molecule has 0 radical (unpaired) electrons. The molecular formula is C13H26OS2. The topological polar surface area (TPSA) is 17.1 Å². The van der Waals surface area contributed by atoms with Gasteiger partial charge in [-0.05, 0) is 18.8 Å². The van der Waals surface area contributed by atoms with Crippen LogP contribution in [0.15, 0.2) is 0 Å². The van der Waals surface area contributed by atoms with Crippen LogP contribution in [-0.2, 0) is 4.79 Å². The molecule has 0 bridgehead atoms. The predicted molar refractivity (Wildman–Crippen MR) is 78.1 cm³/mol. The number of Topliss-reactive ketones (excluding diaryl/α,β-unsaturated/α-hetero) is 1. The van der Waals surface area contributed by atoms with Crippen LogP contribution in [0.5, 0.6) is 0 Å². The van der Waals surface area contributed by atoms with Crippen molar-refractivity contribution in [3.05, 3.63) is 0 Å². The van der Waals surface area contributed by atoms with Gasteiger partial charge in [0.05, 0.1) is 0 Å². The molecule has 0 unspecified atom stereocenters. The molecule has 0 N–H and O–H groups in total. The number of hydrogen-bond donors (Lipinski definition) is 0. The van der Waals surface area contributed by atoms with Crippen LogP contribution >= 0.6 is 21.6 Å². The Kier molecular flexibility index (Phi) is 10.8. The second-order valence-electron chi connectivity index (χ2n) is 4.90. The maximum Gasteiger partial charge on any atom is 0.135 e. The number of hydrogen-bond acceptors (Lipinski definition) is 3. The number of carbonyl (C=O) groups excluding carboxylic acids is 1. The Balaban J connectivity index is 3.13. The standard InChI is InChI=1S/C13H26OS2/c1-11(2)7-5-9-15-16-10-6-8-13(14)12(3)4/h11-12H,5-10H2,1-4H3. The van der Waals surface area contributed by atoms with Gasteiger partial charge in [0.15, 0.2) is 0 Å². The van der Waals surface area contributed by atoms with Crippen LogP contribution in [0.1, 0.15) is 53.4 Å². The molecule has 0 aliphatic carbocycles. The summed E-state index contributed by atoms with van der Waals surface area (Å²) in [4.78, 5) is 11.3. The molecule has 0 spiro atoms. The molecule has 16 heavy (non-hydrogen) atoms. The molecule has 0 heterocycles. The average molecular weight is 262 g/mol. The van der Waals surface area contributed by atoms with Crippen molar-refractivity contribution < 1.29 is 4.79 Å². The van der Waals surface area contributed by atoms with E-state index in [9.17, 15) is 4.79 Å². The van der Waals surface area contributed by atoms with Gasteiger partial charge in [-0.15, -0.1) is 0 Å². The summed E-state index contributed by atoms with van der Waals surface area (Å²) in [5, 5.41) is 0. The molecule has 0 aliphatic heterocycles. The summed E-state index contributed by atoms with van der Waals surface area (Å²) in [5.74, 6) is 3.81. The first-order valence-electron chi connectivity index (χ1n) is 6.31. The van der Waals surface area contributed by atoms with Gasteiger partial charge in [0.2, 0.25) is 0 Å². The molecule has 0 aromatic heterocycles. The first kappa shape index (κ1) is 16.4. The quantitative estimate of drug-likeness (QED) is 0.415. The van der Waals surface area contributed by atoms with Crippen LogP contribution < -0.4 is 0 Å². The van der Waals surface area contributed by atoms with Crippen molar-refractivity contribution in [1.82, 2.24) is 0 Å². The lowest BCUT2D eigenvalue weighted by atomic mass is 10.1. The molecule has 0 fully saturated rings. The molecule has 1 nitrogen and oxygen atoms in total. The van der Waals surface area contributed by atoms with E-state index >= 15 is 0 Å². The van der Waals surface area contributed by atoms with Gasteiger partial charge < -0.3 is 0 Å². The van der Waals surface area contributed by atoms with Crippen LogP contribution in [0.25, 0.3) is 0 Å². The molecule has 3 heteroatoms. The largest absolute Gasteiger partial charge is 0.299 e. The second kappa shape index (κ2) is 10.5. The molecule has 96 valence electrons. The molecule has 0 saturated heterocycles. The summed E-state index contributed by atoms with van der Waals surface area (Å²) in [6, 6.07) is 0. The van der Waals surface area contributed by atoms with E-state index in [1.165, 1.54) is 18.6 Å². The fourth-order valence-electron chi connectivity index (χ4n) is 1.26. The van der Waals surface area contributed by atoms with E-state index in [0.717, 1.165) is 24.5 Å². The molecule has 0 aromatic carbocycles. The van der Waals surface area contributed by atoms with Crippen LogP contribution in [0.4, 0.5) is 0 Å². The second-order valence-corrected chi connectivity index (χ2v) is 7.61. The summed E-state index contributed by atoms with van der Waals surface area (Å²) in [6.45, 7) is 8.51. The van der Waals surface area contributed by atoms with Crippen molar-refractivity contribution in [1.29, 1.82) is 0 Å². The van der Waals surface area contributed by atoms with E-state index in [-0.39, 0.29) is 5.92 Å². The van der Waals surface area contributed by atoms with Gasteiger partial charge >= 0.3 is 0 Å². The van der Waals surface area contributed by atoms with E-state index in [1.807, 2.05) is 35.4 Å². The highest BCUT2D eigenvalue weighted by molar-refractivity contribution is 8.76. The Morgan fingerprint density at radius 2 is 1.56 bits per heavy atom. The van der Waals surface area contributed by atoms with Crippen LogP contribution in [0.3, 0.4) is 0 Å². The van der Waals surface area contributed by atoms with Gasteiger partial charge in [0.1, 0.15) is 5.78 Å². The summed E-state index contributed by atoms with van der Waals surface area (Å²) in [5.41, 5.74) is 0. The SMILES string of the molecule is CC(C)CCCSSCCCC(=O)C(C)C. The number of carbonyl (C=O) groups is 1. The first-order valence-corrected chi connectivity index (χ1v) is 8.80. The molecule has 0 aromatic rings. The predicted octanol–water partition coefficient (Wildman–Crippen LogP) is 4.81. The van der Waals surface area contributed by atoms with Gasteiger partial charge in [-0.25, -0.2) is 0 Å². The summed E-state index contributed by atoms with van der Waals surface area (Å²) in [7, 11) is 3.88. The van der Waals surface area contributed by atoms with E-state index in [4.69, 9.17) is 0 Å². The summed E-state index contributed by atoms with van der Waals surface area (Å²) in [6.07, 6.45) is 4.45. The minimum absolute atomic E-state index is 0.212. The maximum absolute atomic E-state index is 11.3. The highest BCUT2D eigenvalue weighted by Crippen LogP contribution is 2.24. The Hall–Kier alpha value is 0.370. The Morgan fingerprint density at radius 1 is 1.00 bits per heavy atom. The minimum Gasteiger partial charge on any atom is -0.299 e.